The van der Waals surface area contributed by atoms with Gasteiger partial charge in [0.15, 0.2) is 0 Å². The Bertz CT molecular complexity index is 1140. The highest BCUT2D eigenvalue weighted by Gasteiger charge is 2.35. The molecule has 1 fully saturated rings. The Kier molecular flexibility index (Phi) is 7.07. The number of hydrogen-bond acceptors (Lipinski definition) is 5. The molecule has 1 saturated heterocycles. The number of aromatic nitrogens is 1. The van der Waals surface area contributed by atoms with Gasteiger partial charge in [-0.05, 0) is 62.4 Å². The molecule has 2 heterocycles. The van der Waals surface area contributed by atoms with E-state index in [1.165, 1.54) is 11.1 Å². The first kappa shape index (κ1) is 25.0. The zero-order chi connectivity index (χ0) is 25.3. The number of ether oxygens (including phenoxy) is 2. The molecular formula is C26H29F3N2O4. The van der Waals surface area contributed by atoms with Gasteiger partial charge in [0.1, 0.15) is 12.4 Å². The minimum atomic E-state index is -4.55. The van der Waals surface area contributed by atoms with Crippen LogP contribution in [0.25, 0.3) is 5.57 Å². The number of aliphatic carboxylic acids is 1. The van der Waals surface area contributed by atoms with E-state index in [2.05, 4.69) is 16.8 Å². The number of rotatable bonds is 8. The highest BCUT2D eigenvalue weighted by atomic mass is 19.4. The Balaban J connectivity index is 1.45. The predicted octanol–water partition coefficient (Wildman–Crippen LogP) is 5.20. The van der Waals surface area contributed by atoms with E-state index in [1.54, 1.807) is 19.9 Å². The van der Waals surface area contributed by atoms with E-state index in [4.69, 9.17) is 14.6 Å². The van der Waals surface area contributed by atoms with Crippen LogP contribution in [0.3, 0.4) is 0 Å². The number of benzene rings is 1. The van der Waals surface area contributed by atoms with Crippen LogP contribution in [0.1, 0.15) is 49.4 Å². The van der Waals surface area contributed by atoms with Crippen LogP contribution in [0, 0.1) is 5.92 Å². The molecule has 1 aromatic heterocycles. The molecule has 1 N–H and O–H groups in total. The number of hydrogen-bond donors (Lipinski definition) is 1. The van der Waals surface area contributed by atoms with Crippen LogP contribution in [0.4, 0.5) is 13.2 Å². The van der Waals surface area contributed by atoms with Crippen LogP contribution in [0.15, 0.2) is 36.0 Å². The van der Waals surface area contributed by atoms with Crippen LogP contribution >= 0.6 is 0 Å². The Morgan fingerprint density at radius 2 is 1.97 bits per heavy atom. The summed E-state index contributed by atoms with van der Waals surface area (Å²) in [5, 5.41) is 9.06. The van der Waals surface area contributed by atoms with Crippen molar-refractivity contribution in [3.63, 3.8) is 0 Å². The average molecular weight is 491 g/mol. The second-order valence-electron chi connectivity index (χ2n) is 9.41. The lowest BCUT2D eigenvalue weighted by Crippen LogP contribution is -2.50. The molecule has 0 saturated carbocycles. The Morgan fingerprint density at radius 3 is 2.63 bits per heavy atom. The molecule has 1 aromatic carbocycles. The number of pyridine rings is 1. The maximum Gasteiger partial charge on any atom is 0.417 e. The van der Waals surface area contributed by atoms with E-state index in [-0.39, 0.29) is 30.1 Å². The van der Waals surface area contributed by atoms with Crippen molar-refractivity contribution in [2.45, 2.75) is 52.5 Å². The molecular weight excluding hydrogens is 461 g/mol. The highest BCUT2D eigenvalue weighted by molar-refractivity contribution is 5.73. The van der Waals surface area contributed by atoms with Crippen molar-refractivity contribution in [1.82, 2.24) is 9.88 Å². The van der Waals surface area contributed by atoms with Crippen molar-refractivity contribution in [3.05, 3.63) is 58.3 Å². The van der Waals surface area contributed by atoms with Gasteiger partial charge in [-0.1, -0.05) is 11.6 Å². The molecule has 0 atom stereocenters. The van der Waals surface area contributed by atoms with Gasteiger partial charge in [0, 0.05) is 37.5 Å². The summed E-state index contributed by atoms with van der Waals surface area (Å²) in [6.45, 7) is 7.16. The number of carbonyl (C=O) groups is 1. The van der Waals surface area contributed by atoms with E-state index < -0.39 is 17.7 Å². The maximum atomic E-state index is 13.6. The SMILES string of the molecule is CC1=C(CN2CC(C(=O)O)C2)CCc2cc(OCc3cnc(OC(C)C)cc3C(F)(F)F)ccc21. The molecule has 1 aliphatic heterocycles. The number of likely N-dealkylation sites (tertiary alicyclic amines) is 1. The standard InChI is InChI=1S/C26H29F3N2O4/c1-15(2)35-24-9-23(26(27,28)29)19(10-30-24)14-34-21-6-7-22-16(3)18(5-4-17(22)8-21)11-31-12-20(13-31)25(32)33/h6-10,15,20H,4-5,11-14H2,1-3H3,(H,32,33). The van der Waals surface area contributed by atoms with Crippen LogP contribution in [-0.4, -0.2) is 46.7 Å². The minimum Gasteiger partial charge on any atom is -0.489 e. The first-order chi connectivity index (χ1) is 16.5. The van der Waals surface area contributed by atoms with Gasteiger partial charge in [0.05, 0.1) is 17.6 Å². The zero-order valence-corrected chi connectivity index (χ0v) is 20.0. The fourth-order valence-corrected chi connectivity index (χ4v) is 4.53. The fraction of sp³-hybridized carbons (Fsp3) is 0.462. The Morgan fingerprint density at radius 1 is 1.23 bits per heavy atom. The van der Waals surface area contributed by atoms with Gasteiger partial charge in [0.2, 0.25) is 5.88 Å². The number of aryl methyl sites for hydroxylation is 1. The Labute approximate surface area is 202 Å². The normalized spacial score (nSPS) is 16.8. The van der Waals surface area contributed by atoms with Crippen molar-refractivity contribution < 1.29 is 32.5 Å². The fourth-order valence-electron chi connectivity index (χ4n) is 4.53. The van der Waals surface area contributed by atoms with Gasteiger partial charge >= 0.3 is 12.1 Å². The van der Waals surface area contributed by atoms with Gasteiger partial charge < -0.3 is 14.6 Å². The third kappa shape index (κ3) is 5.78. The van der Waals surface area contributed by atoms with Gasteiger partial charge in [-0.15, -0.1) is 0 Å². The van der Waals surface area contributed by atoms with Crippen molar-refractivity contribution in [2.24, 2.45) is 5.92 Å². The van der Waals surface area contributed by atoms with E-state index in [9.17, 15) is 18.0 Å². The molecule has 2 aliphatic rings. The van der Waals surface area contributed by atoms with Crippen molar-refractivity contribution >= 4 is 11.5 Å². The smallest absolute Gasteiger partial charge is 0.417 e. The first-order valence-electron chi connectivity index (χ1n) is 11.6. The molecule has 0 spiro atoms. The molecule has 188 valence electrons. The third-order valence-corrected chi connectivity index (χ3v) is 6.45. The number of carboxylic acid groups (broad SMARTS) is 1. The maximum absolute atomic E-state index is 13.6. The topological polar surface area (TPSA) is 71.9 Å². The summed E-state index contributed by atoms with van der Waals surface area (Å²) in [7, 11) is 0. The van der Waals surface area contributed by atoms with Crippen molar-refractivity contribution in [2.75, 3.05) is 19.6 Å². The largest absolute Gasteiger partial charge is 0.489 e. The lowest BCUT2D eigenvalue weighted by Gasteiger charge is -2.38. The number of halogens is 3. The van der Waals surface area contributed by atoms with E-state index in [0.29, 0.717) is 18.8 Å². The third-order valence-electron chi connectivity index (χ3n) is 6.45. The number of allylic oxidation sites excluding steroid dienone is 1. The van der Waals surface area contributed by atoms with Gasteiger partial charge in [-0.3, -0.25) is 9.69 Å². The molecule has 4 rings (SSSR count). The number of fused-ring (bicyclic) bond motifs is 1. The summed E-state index contributed by atoms with van der Waals surface area (Å²) < 4.78 is 51.9. The molecule has 0 radical (unpaired) electrons. The second-order valence-corrected chi connectivity index (χ2v) is 9.41. The van der Waals surface area contributed by atoms with Crippen molar-refractivity contribution in [1.29, 1.82) is 0 Å². The quantitative estimate of drug-likeness (QED) is 0.548. The highest BCUT2D eigenvalue weighted by Crippen LogP contribution is 2.36. The average Bonchev–Trinajstić information content (AvgIpc) is 2.75. The number of carboxylic acids is 1. The number of nitrogens with zero attached hydrogens (tertiary/aromatic N) is 2. The van der Waals surface area contributed by atoms with E-state index in [1.807, 2.05) is 12.1 Å². The molecule has 6 nitrogen and oxygen atoms in total. The van der Waals surface area contributed by atoms with Gasteiger partial charge in [-0.2, -0.15) is 13.2 Å². The van der Waals surface area contributed by atoms with E-state index >= 15 is 0 Å². The second kappa shape index (κ2) is 9.89. The summed E-state index contributed by atoms with van der Waals surface area (Å²) in [4.78, 5) is 17.2. The molecule has 35 heavy (non-hydrogen) atoms. The van der Waals surface area contributed by atoms with E-state index in [0.717, 1.165) is 42.8 Å². The molecule has 9 heteroatoms. The minimum absolute atomic E-state index is 0.0566. The molecule has 2 aromatic rings. The summed E-state index contributed by atoms with van der Waals surface area (Å²) in [6, 6.07) is 6.51. The molecule has 0 amide bonds. The van der Waals surface area contributed by atoms with Crippen molar-refractivity contribution in [3.8, 4) is 11.6 Å². The predicted molar refractivity (Wildman–Crippen MR) is 124 cm³/mol. The first-order valence-corrected chi connectivity index (χ1v) is 11.6. The summed E-state index contributed by atoms with van der Waals surface area (Å²) in [5.41, 5.74) is 3.77. The van der Waals surface area contributed by atoms with Gasteiger partial charge in [0.25, 0.3) is 0 Å². The number of alkyl halides is 3. The lowest BCUT2D eigenvalue weighted by atomic mass is 9.85. The molecule has 1 aliphatic carbocycles. The van der Waals surface area contributed by atoms with Crippen LogP contribution < -0.4 is 9.47 Å². The van der Waals surface area contributed by atoms with Crippen LogP contribution in [-0.2, 0) is 24.0 Å². The molecule has 0 unspecified atom stereocenters. The van der Waals surface area contributed by atoms with Crippen LogP contribution in [0.2, 0.25) is 0 Å². The molecule has 0 bridgehead atoms. The Hall–Kier alpha value is -3.07. The van der Waals surface area contributed by atoms with Gasteiger partial charge in [-0.25, -0.2) is 4.98 Å². The zero-order valence-electron chi connectivity index (χ0n) is 20.0. The summed E-state index contributed by atoms with van der Waals surface area (Å²) in [6.07, 6.45) is -2.02. The van der Waals surface area contributed by atoms with Crippen LogP contribution in [0.5, 0.6) is 11.6 Å². The monoisotopic (exact) mass is 490 g/mol. The summed E-state index contributed by atoms with van der Waals surface area (Å²) in [5.74, 6) is -0.591. The lowest BCUT2D eigenvalue weighted by molar-refractivity contribution is -0.147. The summed E-state index contributed by atoms with van der Waals surface area (Å²) >= 11 is 0.